The molecule has 0 atom stereocenters. The number of anilines is 1. The molecule has 0 unspecified atom stereocenters. The molecule has 1 aliphatic heterocycles. The van der Waals surface area contributed by atoms with Crippen molar-refractivity contribution < 1.29 is 9.31 Å². The average Bonchev–Trinajstić information content (AvgIpc) is 2.29. The van der Waals surface area contributed by atoms with Crippen molar-refractivity contribution >= 4 is 23.8 Å². The van der Waals surface area contributed by atoms with E-state index >= 15 is 0 Å². The molecule has 17 heavy (non-hydrogen) atoms. The van der Waals surface area contributed by atoms with Gasteiger partial charge in [0.1, 0.15) is 5.82 Å². The number of hydrogen-bond acceptors (Lipinski definition) is 4. The van der Waals surface area contributed by atoms with Gasteiger partial charge in [-0.3, -0.25) is 10.1 Å². The molecule has 1 aliphatic rings. The van der Waals surface area contributed by atoms with Gasteiger partial charge in [-0.1, -0.05) is 0 Å². The molecule has 0 aliphatic carbocycles. The van der Waals surface area contributed by atoms with Gasteiger partial charge in [0, 0.05) is 37.9 Å². The highest BCUT2D eigenvalue weighted by atomic mass is 35.5. The zero-order valence-electron chi connectivity index (χ0n) is 9.06. The molecule has 0 radical (unpaired) electrons. The van der Waals surface area contributed by atoms with E-state index in [1.807, 2.05) is 4.90 Å². The molecule has 0 amide bonds. The number of benzene rings is 1. The van der Waals surface area contributed by atoms with E-state index in [0.29, 0.717) is 5.69 Å². The molecule has 1 heterocycles. The third-order valence-electron chi connectivity index (χ3n) is 2.56. The Bertz CT molecular complexity index is 411. The molecular weight excluding hydrogens is 249 g/mol. The normalized spacial score (nSPS) is 15.2. The predicted molar refractivity (Wildman–Crippen MR) is 65.4 cm³/mol. The Morgan fingerprint density at radius 1 is 1.29 bits per heavy atom. The van der Waals surface area contributed by atoms with Gasteiger partial charge in [0.2, 0.25) is 0 Å². The minimum atomic E-state index is -0.575. The van der Waals surface area contributed by atoms with Gasteiger partial charge in [0.25, 0.3) is 5.69 Å². The number of nitro benzene ring substituents is 1. The number of piperazine rings is 1. The summed E-state index contributed by atoms with van der Waals surface area (Å²) in [5.74, 6) is -0.567. The van der Waals surface area contributed by atoms with Crippen molar-refractivity contribution in [1.29, 1.82) is 0 Å². The molecule has 0 spiro atoms. The summed E-state index contributed by atoms with van der Waals surface area (Å²) in [5.41, 5.74) is 0.377. The SMILES string of the molecule is Cl.O=[N+]([O-])c1cc(F)cc(N2CCNCC2)c1. The van der Waals surface area contributed by atoms with Crippen molar-refractivity contribution in [3.05, 3.63) is 34.1 Å². The van der Waals surface area contributed by atoms with E-state index in [1.165, 1.54) is 12.1 Å². The van der Waals surface area contributed by atoms with Gasteiger partial charge in [-0.25, -0.2) is 4.39 Å². The van der Waals surface area contributed by atoms with Crippen LogP contribution in [0, 0.1) is 15.9 Å². The fourth-order valence-electron chi connectivity index (χ4n) is 1.77. The van der Waals surface area contributed by atoms with Crippen LogP contribution in [0.5, 0.6) is 0 Å². The Morgan fingerprint density at radius 3 is 2.53 bits per heavy atom. The fraction of sp³-hybridized carbons (Fsp3) is 0.400. The maximum atomic E-state index is 13.2. The van der Waals surface area contributed by atoms with E-state index in [9.17, 15) is 14.5 Å². The predicted octanol–water partition coefficient (Wildman–Crippen LogP) is 1.57. The number of nitrogens with zero attached hydrogens (tertiary/aromatic N) is 2. The van der Waals surface area contributed by atoms with Crippen LogP contribution in [-0.2, 0) is 0 Å². The summed E-state index contributed by atoms with van der Waals surface area (Å²) in [6.45, 7) is 3.09. The molecule has 0 saturated carbocycles. The van der Waals surface area contributed by atoms with Crippen molar-refractivity contribution in [3.8, 4) is 0 Å². The summed E-state index contributed by atoms with van der Waals surface area (Å²) in [6.07, 6.45) is 0. The molecule has 5 nitrogen and oxygen atoms in total. The summed E-state index contributed by atoms with van der Waals surface area (Å²) in [6, 6.07) is 3.68. The summed E-state index contributed by atoms with van der Waals surface area (Å²) >= 11 is 0. The quantitative estimate of drug-likeness (QED) is 0.648. The third kappa shape index (κ3) is 3.28. The topological polar surface area (TPSA) is 58.4 Å². The van der Waals surface area contributed by atoms with Gasteiger partial charge in [0.15, 0.2) is 0 Å². The van der Waals surface area contributed by atoms with Crippen LogP contribution in [-0.4, -0.2) is 31.1 Å². The highest BCUT2D eigenvalue weighted by Crippen LogP contribution is 2.23. The molecule has 94 valence electrons. The van der Waals surface area contributed by atoms with Gasteiger partial charge in [-0.2, -0.15) is 0 Å². The number of nitro groups is 1. The summed E-state index contributed by atoms with van der Waals surface area (Å²) in [5, 5.41) is 13.8. The lowest BCUT2D eigenvalue weighted by Crippen LogP contribution is -2.43. The summed E-state index contributed by atoms with van der Waals surface area (Å²) in [7, 11) is 0. The lowest BCUT2D eigenvalue weighted by molar-refractivity contribution is -0.385. The first kappa shape index (κ1) is 13.7. The Labute approximate surface area is 104 Å². The van der Waals surface area contributed by atoms with Gasteiger partial charge in [-0.05, 0) is 6.07 Å². The van der Waals surface area contributed by atoms with E-state index in [-0.39, 0.29) is 18.1 Å². The standard InChI is InChI=1S/C10H12FN3O2.ClH/c11-8-5-9(7-10(6-8)14(15)16)13-3-1-12-2-4-13;/h5-7,12H,1-4H2;1H. The lowest BCUT2D eigenvalue weighted by atomic mass is 10.2. The zero-order chi connectivity index (χ0) is 11.5. The molecule has 1 fully saturated rings. The Hall–Kier alpha value is -1.40. The van der Waals surface area contributed by atoms with Crippen LogP contribution in [0.3, 0.4) is 0 Å². The molecule has 1 aromatic rings. The number of nitrogens with one attached hydrogen (secondary N) is 1. The van der Waals surface area contributed by atoms with Crippen molar-refractivity contribution in [3.63, 3.8) is 0 Å². The largest absolute Gasteiger partial charge is 0.369 e. The highest BCUT2D eigenvalue weighted by Gasteiger charge is 2.15. The minimum absolute atomic E-state index is 0. The molecule has 1 aromatic carbocycles. The van der Waals surface area contributed by atoms with E-state index in [4.69, 9.17) is 0 Å². The van der Waals surface area contributed by atoms with Crippen LogP contribution >= 0.6 is 12.4 Å². The third-order valence-corrected chi connectivity index (χ3v) is 2.56. The number of hydrogen-bond donors (Lipinski definition) is 1. The van der Waals surface area contributed by atoms with Crippen molar-refractivity contribution in [1.82, 2.24) is 5.32 Å². The first-order valence-electron chi connectivity index (χ1n) is 5.07. The van der Waals surface area contributed by atoms with Gasteiger partial charge < -0.3 is 10.2 Å². The minimum Gasteiger partial charge on any atom is -0.369 e. The van der Waals surface area contributed by atoms with Crippen molar-refractivity contribution in [2.24, 2.45) is 0 Å². The Kier molecular flexibility index (Phi) is 4.65. The second-order valence-corrected chi connectivity index (χ2v) is 3.66. The zero-order valence-corrected chi connectivity index (χ0v) is 9.87. The van der Waals surface area contributed by atoms with Gasteiger partial charge in [0.05, 0.1) is 11.0 Å². The number of non-ortho nitro benzene ring substituents is 1. The van der Waals surface area contributed by atoms with Gasteiger partial charge in [-0.15, -0.1) is 12.4 Å². The first-order valence-corrected chi connectivity index (χ1v) is 5.07. The van der Waals surface area contributed by atoms with E-state index in [0.717, 1.165) is 32.2 Å². The molecule has 0 aromatic heterocycles. The monoisotopic (exact) mass is 261 g/mol. The second kappa shape index (κ2) is 5.79. The van der Waals surface area contributed by atoms with Crippen LogP contribution in [0.1, 0.15) is 0 Å². The number of halogens is 2. The molecule has 0 bridgehead atoms. The van der Waals surface area contributed by atoms with Crippen molar-refractivity contribution in [2.75, 3.05) is 31.1 Å². The van der Waals surface area contributed by atoms with Crippen LogP contribution in [0.2, 0.25) is 0 Å². The van der Waals surface area contributed by atoms with Crippen LogP contribution in [0.15, 0.2) is 18.2 Å². The Morgan fingerprint density at radius 2 is 1.94 bits per heavy atom. The van der Waals surface area contributed by atoms with Crippen LogP contribution in [0.4, 0.5) is 15.8 Å². The summed E-state index contributed by atoms with van der Waals surface area (Å²) < 4.78 is 13.2. The molecule has 7 heteroatoms. The highest BCUT2D eigenvalue weighted by molar-refractivity contribution is 5.85. The molecular formula is C10H13ClFN3O2. The molecule has 2 rings (SSSR count). The fourth-order valence-corrected chi connectivity index (χ4v) is 1.77. The van der Waals surface area contributed by atoms with Crippen molar-refractivity contribution in [2.45, 2.75) is 0 Å². The Balaban J connectivity index is 0.00000144. The van der Waals surface area contributed by atoms with E-state index in [1.54, 1.807) is 0 Å². The first-order chi connectivity index (χ1) is 7.66. The summed E-state index contributed by atoms with van der Waals surface area (Å²) in [4.78, 5) is 12.0. The molecule has 1 N–H and O–H groups in total. The second-order valence-electron chi connectivity index (χ2n) is 3.66. The van der Waals surface area contributed by atoms with E-state index in [2.05, 4.69) is 5.32 Å². The van der Waals surface area contributed by atoms with Crippen LogP contribution < -0.4 is 10.2 Å². The average molecular weight is 262 g/mol. The number of rotatable bonds is 2. The smallest absolute Gasteiger partial charge is 0.274 e. The lowest BCUT2D eigenvalue weighted by Gasteiger charge is -2.29. The van der Waals surface area contributed by atoms with E-state index < -0.39 is 10.7 Å². The maximum Gasteiger partial charge on any atom is 0.274 e. The van der Waals surface area contributed by atoms with Gasteiger partial charge >= 0.3 is 0 Å². The van der Waals surface area contributed by atoms with Crippen LogP contribution in [0.25, 0.3) is 0 Å². The molecule has 1 saturated heterocycles. The maximum absolute atomic E-state index is 13.2.